The highest BCUT2D eigenvalue weighted by molar-refractivity contribution is 7.89. The molecule has 9 nitrogen and oxygen atoms in total. The first-order chi connectivity index (χ1) is 12.7. The summed E-state index contributed by atoms with van der Waals surface area (Å²) in [5.74, 6) is -1.15. The van der Waals surface area contributed by atoms with Crippen molar-refractivity contribution in [2.75, 3.05) is 18.9 Å². The largest absolute Gasteiger partial charge is 0.350 e. The Morgan fingerprint density at radius 1 is 1.11 bits per heavy atom. The summed E-state index contributed by atoms with van der Waals surface area (Å²) < 4.78 is 27.2. The highest BCUT2D eigenvalue weighted by Crippen LogP contribution is 2.14. The van der Waals surface area contributed by atoms with Gasteiger partial charge in [-0.1, -0.05) is 0 Å². The molecule has 0 aliphatic rings. The van der Waals surface area contributed by atoms with Crippen LogP contribution in [0.5, 0.6) is 0 Å². The third-order valence-corrected chi connectivity index (χ3v) is 5.02. The number of carbonyl (C=O) groups excluding carboxylic acids is 3. The van der Waals surface area contributed by atoms with Crippen LogP contribution in [0, 0.1) is 0 Å². The maximum absolute atomic E-state index is 12.5. The number of sulfonamides is 1. The van der Waals surface area contributed by atoms with Gasteiger partial charge in [-0.3, -0.25) is 14.4 Å². The van der Waals surface area contributed by atoms with Crippen molar-refractivity contribution in [3.63, 3.8) is 0 Å². The van der Waals surface area contributed by atoms with Crippen LogP contribution in [0.4, 0.5) is 5.69 Å². The van der Waals surface area contributed by atoms with Crippen molar-refractivity contribution in [2.45, 2.75) is 51.1 Å². The summed E-state index contributed by atoms with van der Waals surface area (Å²) in [4.78, 5) is 36.5. The van der Waals surface area contributed by atoms with E-state index in [1.807, 2.05) is 20.8 Å². The van der Waals surface area contributed by atoms with Gasteiger partial charge in [0.1, 0.15) is 0 Å². The van der Waals surface area contributed by atoms with E-state index in [-0.39, 0.29) is 23.3 Å². The molecule has 0 heterocycles. The molecule has 3 amide bonds. The molecule has 156 valence electrons. The number of likely N-dealkylation sites (N-methyl/N-ethyl adjacent to an activating group) is 1. The summed E-state index contributed by atoms with van der Waals surface area (Å²) in [6, 6.07) is 4.49. The third-order valence-electron chi connectivity index (χ3n) is 3.46. The van der Waals surface area contributed by atoms with Crippen molar-refractivity contribution in [1.82, 2.24) is 14.9 Å². The lowest BCUT2D eigenvalue weighted by molar-refractivity contribution is -0.136. The normalized spacial score (nSPS) is 12.8. The second-order valence-corrected chi connectivity index (χ2v) is 9.25. The van der Waals surface area contributed by atoms with E-state index in [0.717, 1.165) is 4.90 Å². The molecule has 0 spiro atoms. The predicted molar refractivity (Wildman–Crippen MR) is 106 cm³/mol. The third kappa shape index (κ3) is 7.65. The summed E-state index contributed by atoms with van der Waals surface area (Å²) in [5, 5.41) is 5.27. The number of nitrogens with one attached hydrogen (secondary N) is 3. The number of carbonyl (C=O) groups is 3. The lowest BCUT2D eigenvalue weighted by Crippen LogP contribution is -2.50. The number of hydrogen-bond donors (Lipinski definition) is 3. The fourth-order valence-electron chi connectivity index (χ4n) is 2.35. The van der Waals surface area contributed by atoms with E-state index in [1.165, 1.54) is 45.2 Å². The minimum absolute atomic E-state index is 0.0469. The number of amides is 3. The number of nitrogens with zero attached hydrogens (tertiary/aromatic N) is 1. The summed E-state index contributed by atoms with van der Waals surface area (Å²) in [7, 11) is -2.52. The van der Waals surface area contributed by atoms with Gasteiger partial charge in [-0.15, -0.1) is 0 Å². The Morgan fingerprint density at radius 2 is 1.64 bits per heavy atom. The molecule has 1 rings (SSSR count). The highest BCUT2D eigenvalue weighted by atomic mass is 32.2. The van der Waals surface area contributed by atoms with E-state index >= 15 is 0 Å². The molecule has 1 aromatic carbocycles. The zero-order chi connectivity index (χ0) is 21.7. The average molecular weight is 413 g/mol. The van der Waals surface area contributed by atoms with Gasteiger partial charge in [0, 0.05) is 25.2 Å². The molecular formula is C18H28N4O5S. The van der Waals surface area contributed by atoms with Crippen LogP contribution < -0.4 is 15.4 Å². The molecule has 0 bridgehead atoms. The van der Waals surface area contributed by atoms with Crippen LogP contribution in [-0.4, -0.2) is 56.2 Å². The van der Waals surface area contributed by atoms with E-state index in [1.54, 1.807) is 0 Å². The number of benzene rings is 1. The van der Waals surface area contributed by atoms with Crippen LogP contribution in [0.25, 0.3) is 0 Å². The first-order valence-electron chi connectivity index (χ1n) is 8.67. The first-order valence-corrected chi connectivity index (χ1v) is 10.2. The number of hydrogen-bond acceptors (Lipinski definition) is 5. The Bertz CT molecular complexity index is 829. The van der Waals surface area contributed by atoms with Gasteiger partial charge in [0.15, 0.2) is 0 Å². The SMILES string of the molecule is CC(=O)Nc1ccc(S(=O)(=O)N[C@@H](C)C(=O)N(C)CC(=O)NC(C)(C)C)cc1. The lowest BCUT2D eigenvalue weighted by atomic mass is 10.1. The van der Waals surface area contributed by atoms with Crippen LogP contribution in [0.15, 0.2) is 29.2 Å². The van der Waals surface area contributed by atoms with E-state index < -0.39 is 27.5 Å². The smallest absolute Gasteiger partial charge is 0.241 e. The fraction of sp³-hybridized carbons (Fsp3) is 0.500. The monoisotopic (exact) mass is 412 g/mol. The molecule has 28 heavy (non-hydrogen) atoms. The molecule has 0 radical (unpaired) electrons. The van der Waals surface area contributed by atoms with Crippen LogP contribution in [-0.2, 0) is 24.4 Å². The van der Waals surface area contributed by atoms with Gasteiger partial charge in [-0.05, 0) is 52.0 Å². The predicted octanol–water partition coefficient (Wildman–Crippen LogP) is 0.685. The van der Waals surface area contributed by atoms with Crippen LogP contribution in [0.1, 0.15) is 34.6 Å². The zero-order valence-corrected chi connectivity index (χ0v) is 17.8. The molecule has 1 atom stereocenters. The maximum Gasteiger partial charge on any atom is 0.241 e. The summed E-state index contributed by atoms with van der Waals surface area (Å²) in [6.45, 7) is 8.02. The van der Waals surface area contributed by atoms with E-state index in [0.29, 0.717) is 5.69 Å². The molecule has 0 unspecified atom stereocenters. The van der Waals surface area contributed by atoms with Gasteiger partial charge in [0.25, 0.3) is 0 Å². The molecule has 0 fully saturated rings. The van der Waals surface area contributed by atoms with E-state index in [9.17, 15) is 22.8 Å². The van der Waals surface area contributed by atoms with Gasteiger partial charge < -0.3 is 15.5 Å². The second kappa shape index (κ2) is 9.16. The van der Waals surface area contributed by atoms with E-state index in [4.69, 9.17) is 0 Å². The van der Waals surface area contributed by atoms with Crippen molar-refractivity contribution < 1.29 is 22.8 Å². The summed E-state index contributed by atoms with van der Waals surface area (Å²) in [5.41, 5.74) is 0.0255. The molecule has 0 aromatic heterocycles. The molecule has 0 saturated heterocycles. The minimum Gasteiger partial charge on any atom is -0.350 e. The fourth-order valence-corrected chi connectivity index (χ4v) is 3.55. The highest BCUT2D eigenvalue weighted by Gasteiger charge is 2.26. The van der Waals surface area contributed by atoms with Crippen molar-refractivity contribution in [3.05, 3.63) is 24.3 Å². The number of anilines is 1. The lowest BCUT2D eigenvalue weighted by Gasteiger charge is -2.25. The summed E-state index contributed by atoms with van der Waals surface area (Å²) in [6.07, 6.45) is 0. The van der Waals surface area contributed by atoms with E-state index in [2.05, 4.69) is 15.4 Å². The molecule has 3 N–H and O–H groups in total. The number of rotatable bonds is 7. The van der Waals surface area contributed by atoms with Crippen LogP contribution >= 0.6 is 0 Å². The Hall–Kier alpha value is -2.46. The van der Waals surface area contributed by atoms with Gasteiger partial charge in [-0.25, -0.2) is 8.42 Å². The Kier molecular flexibility index (Phi) is 7.71. The molecule has 0 aliphatic carbocycles. The van der Waals surface area contributed by atoms with Crippen LogP contribution in [0.3, 0.4) is 0 Å². The molecular weight excluding hydrogens is 384 g/mol. The zero-order valence-electron chi connectivity index (χ0n) is 17.0. The second-order valence-electron chi connectivity index (χ2n) is 7.54. The average Bonchev–Trinajstić information content (AvgIpc) is 2.51. The summed E-state index contributed by atoms with van der Waals surface area (Å²) >= 11 is 0. The molecule has 0 saturated carbocycles. The van der Waals surface area contributed by atoms with Crippen LogP contribution in [0.2, 0.25) is 0 Å². The van der Waals surface area contributed by atoms with Crippen molar-refractivity contribution in [2.24, 2.45) is 0 Å². The van der Waals surface area contributed by atoms with Crippen molar-refractivity contribution in [1.29, 1.82) is 0 Å². The maximum atomic E-state index is 12.5. The molecule has 1 aromatic rings. The Balaban J connectivity index is 2.76. The quantitative estimate of drug-likeness (QED) is 0.608. The van der Waals surface area contributed by atoms with Crippen molar-refractivity contribution in [3.8, 4) is 0 Å². The van der Waals surface area contributed by atoms with Gasteiger partial charge in [-0.2, -0.15) is 4.72 Å². The standard InChI is InChI=1S/C18H28N4O5S/c1-12(17(25)22(6)11-16(24)20-18(3,4)5)21-28(26,27)15-9-7-14(8-10-15)19-13(2)23/h7-10,12,21H,11H2,1-6H3,(H,19,23)(H,20,24)/t12-/m0/s1. The topological polar surface area (TPSA) is 125 Å². The Labute approximate surface area is 165 Å². The molecule has 10 heteroatoms. The first kappa shape index (κ1) is 23.6. The Morgan fingerprint density at radius 3 is 2.11 bits per heavy atom. The van der Waals surface area contributed by atoms with Crippen molar-refractivity contribution >= 4 is 33.4 Å². The van der Waals surface area contributed by atoms with Gasteiger partial charge >= 0.3 is 0 Å². The minimum atomic E-state index is -3.95. The van der Waals surface area contributed by atoms with Gasteiger partial charge in [0.05, 0.1) is 17.5 Å². The molecule has 0 aliphatic heterocycles. The van der Waals surface area contributed by atoms with Gasteiger partial charge in [0.2, 0.25) is 27.7 Å².